The molecule has 0 fully saturated rings. The van der Waals surface area contributed by atoms with Crippen LogP contribution in [0.3, 0.4) is 0 Å². The van der Waals surface area contributed by atoms with Crippen LogP contribution in [0.25, 0.3) is 0 Å². The number of benzene rings is 1. The Labute approximate surface area is 82.9 Å². The fourth-order valence-electron chi connectivity index (χ4n) is 1.39. The topological polar surface area (TPSA) is 43.1 Å². The lowest BCUT2D eigenvalue weighted by Crippen LogP contribution is -2.10. The van der Waals surface area contributed by atoms with E-state index in [-0.39, 0.29) is 18.0 Å². The van der Waals surface area contributed by atoms with Crippen molar-refractivity contribution in [3.63, 3.8) is 0 Å². The number of rotatable bonds is 3. The second-order valence-electron chi connectivity index (χ2n) is 3.33. The lowest BCUT2D eigenvalue weighted by atomic mass is 10.00. The highest BCUT2D eigenvalue weighted by Crippen LogP contribution is 2.17. The van der Waals surface area contributed by atoms with E-state index in [1.54, 1.807) is 26.0 Å². The average Bonchev–Trinajstić information content (AvgIpc) is 2.15. The van der Waals surface area contributed by atoms with E-state index in [2.05, 4.69) is 0 Å². The number of ketones is 1. The van der Waals surface area contributed by atoms with Crippen LogP contribution in [0.15, 0.2) is 12.1 Å². The predicted octanol–water partition coefficient (Wildman–Crippen LogP) is 1.97. The molecule has 0 saturated carbocycles. The maximum absolute atomic E-state index is 13.4. The summed E-state index contributed by atoms with van der Waals surface area (Å²) in [6, 6.07) is 3.28. The van der Waals surface area contributed by atoms with Gasteiger partial charge in [-0.25, -0.2) is 4.39 Å². The van der Waals surface area contributed by atoms with Gasteiger partial charge in [0.15, 0.2) is 5.78 Å². The van der Waals surface area contributed by atoms with E-state index in [4.69, 9.17) is 5.73 Å². The summed E-state index contributed by atoms with van der Waals surface area (Å²) in [7, 11) is 0. The Balaban J connectivity index is 3.11. The highest BCUT2D eigenvalue weighted by Gasteiger charge is 2.12. The molecular formula is C11H14FNO. The summed E-state index contributed by atoms with van der Waals surface area (Å²) in [5.74, 6) is -0.392. The third-order valence-electron chi connectivity index (χ3n) is 2.25. The first kappa shape index (κ1) is 10.9. The first-order valence-corrected chi connectivity index (χ1v) is 4.57. The van der Waals surface area contributed by atoms with Crippen molar-refractivity contribution in [2.24, 2.45) is 5.73 Å². The molecule has 0 amide bonds. The Morgan fingerprint density at radius 1 is 1.43 bits per heavy atom. The molecule has 1 aromatic carbocycles. The molecule has 14 heavy (non-hydrogen) atoms. The van der Waals surface area contributed by atoms with E-state index >= 15 is 0 Å². The Bertz CT molecular complexity index is 361. The van der Waals surface area contributed by atoms with Crippen LogP contribution in [0.1, 0.15) is 27.9 Å². The van der Waals surface area contributed by atoms with Gasteiger partial charge in [0.2, 0.25) is 0 Å². The van der Waals surface area contributed by atoms with Crippen molar-refractivity contribution in [3.8, 4) is 0 Å². The van der Waals surface area contributed by atoms with Crippen LogP contribution in [0.2, 0.25) is 0 Å². The Morgan fingerprint density at radius 2 is 2.07 bits per heavy atom. The molecule has 1 aromatic rings. The number of aryl methyl sites for hydroxylation is 1. The highest BCUT2D eigenvalue weighted by atomic mass is 19.1. The highest BCUT2D eigenvalue weighted by molar-refractivity contribution is 5.97. The van der Waals surface area contributed by atoms with Gasteiger partial charge in [0.05, 0.1) is 0 Å². The molecule has 0 unspecified atom stereocenters. The van der Waals surface area contributed by atoms with E-state index in [0.29, 0.717) is 23.2 Å². The number of halogens is 1. The molecule has 1 rings (SSSR count). The van der Waals surface area contributed by atoms with Crippen molar-refractivity contribution < 1.29 is 9.18 Å². The van der Waals surface area contributed by atoms with Gasteiger partial charge in [-0.15, -0.1) is 0 Å². The molecule has 3 heteroatoms. The number of carbonyl (C=O) groups is 1. The molecule has 0 aliphatic rings. The summed E-state index contributed by atoms with van der Waals surface area (Å²) in [6.07, 6.45) is 0.267. The third kappa shape index (κ3) is 1.99. The van der Waals surface area contributed by atoms with Gasteiger partial charge in [0.25, 0.3) is 0 Å². The van der Waals surface area contributed by atoms with E-state index in [9.17, 15) is 9.18 Å². The minimum atomic E-state index is -0.298. The summed E-state index contributed by atoms with van der Waals surface area (Å²) in [6.45, 7) is 3.60. The van der Waals surface area contributed by atoms with Gasteiger partial charge in [0.1, 0.15) is 5.82 Å². The summed E-state index contributed by atoms with van der Waals surface area (Å²) in [5.41, 5.74) is 6.70. The fraction of sp³-hybridized carbons (Fsp3) is 0.364. The lowest BCUT2D eigenvalue weighted by molar-refractivity contribution is 0.0984. The Kier molecular flexibility index (Phi) is 3.36. The first-order chi connectivity index (χ1) is 6.57. The lowest BCUT2D eigenvalue weighted by Gasteiger charge is -2.06. The largest absolute Gasteiger partial charge is 0.330 e. The van der Waals surface area contributed by atoms with Gasteiger partial charge in [0, 0.05) is 12.0 Å². The standard InChI is InChI=1S/C11H14FNO/c1-7-3-4-9(8(2)11(7)12)10(14)5-6-13/h3-4H,5-6,13H2,1-2H3. The second kappa shape index (κ2) is 4.33. The summed E-state index contributed by atoms with van der Waals surface area (Å²) < 4.78 is 13.4. The average molecular weight is 195 g/mol. The van der Waals surface area contributed by atoms with Crippen LogP contribution in [0, 0.1) is 19.7 Å². The Morgan fingerprint density at radius 3 is 2.64 bits per heavy atom. The van der Waals surface area contributed by atoms with Gasteiger partial charge in [-0.2, -0.15) is 0 Å². The minimum Gasteiger partial charge on any atom is -0.330 e. The maximum atomic E-state index is 13.4. The monoisotopic (exact) mass is 195 g/mol. The van der Waals surface area contributed by atoms with E-state index in [0.717, 1.165) is 0 Å². The zero-order chi connectivity index (χ0) is 10.7. The van der Waals surface area contributed by atoms with Crippen LogP contribution in [0.5, 0.6) is 0 Å². The van der Waals surface area contributed by atoms with Gasteiger partial charge in [-0.3, -0.25) is 4.79 Å². The first-order valence-electron chi connectivity index (χ1n) is 4.57. The smallest absolute Gasteiger partial charge is 0.164 e. The molecule has 0 aliphatic heterocycles. The third-order valence-corrected chi connectivity index (χ3v) is 2.25. The SMILES string of the molecule is Cc1ccc(C(=O)CCN)c(C)c1F. The molecule has 0 aromatic heterocycles. The van der Waals surface area contributed by atoms with Crippen LogP contribution >= 0.6 is 0 Å². The Hall–Kier alpha value is -1.22. The van der Waals surface area contributed by atoms with Crippen molar-refractivity contribution >= 4 is 5.78 Å². The van der Waals surface area contributed by atoms with Crippen molar-refractivity contribution in [1.82, 2.24) is 0 Å². The quantitative estimate of drug-likeness (QED) is 0.749. The van der Waals surface area contributed by atoms with Gasteiger partial charge >= 0.3 is 0 Å². The molecular weight excluding hydrogens is 181 g/mol. The van der Waals surface area contributed by atoms with Crippen molar-refractivity contribution in [2.45, 2.75) is 20.3 Å². The summed E-state index contributed by atoms with van der Waals surface area (Å²) in [5, 5.41) is 0. The number of hydrogen-bond donors (Lipinski definition) is 1. The molecule has 0 aliphatic carbocycles. The maximum Gasteiger partial charge on any atom is 0.164 e. The molecule has 0 atom stereocenters. The van der Waals surface area contributed by atoms with Crippen LogP contribution in [0.4, 0.5) is 4.39 Å². The van der Waals surface area contributed by atoms with E-state index in [1.165, 1.54) is 0 Å². The molecule has 2 N–H and O–H groups in total. The van der Waals surface area contributed by atoms with Crippen molar-refractivity contribution in [2.75, 3.05) is 6.54 Å². The number of Topliss-reactive ketones (excluding diaryl/α,β-unsaturated/α-hetero) is 1. The zero-order valence-corrected chi connectivity index (χ0v) is 8.43. The van der Waals surface area contributed by atoms with Crippen molar-refractivity contribution in [1.29, 1.82) is 0 Å². The molecule has 76 valence electrons. The van der Waals surface area contributed by atoms with Crippen molar-refractivity contribution in [3.05, 3.63) is 34.6 Å². The second-order valence-corrected chi connectivity index (χ2v) is 3.33. The van der Waals surface area contributed by atoms with E-state index < -0.39 is 0 Å². The predicted molar refractivity (Wildman–Crippen MR) is 53.9 cm³/mol. The molecule has 0 heterocycles. The molecule has 0 spiro atoms. The van der Waals surface area contributed by atoms with Gasteiger partial charge in [-0.1, -0.05) is 12.1 Å². The normalized spacial score (nSPS) is 10.3. The van der Waals surface area contributed by atoms with Crippen LogP contribution < -0.4 is 5.73 Å². The van der Waals surface area contributed by atoms with Gasteiger partial charge < -0.3 is 5.73 Å². The molecule has 0 bridgehead atoms. The number of nitrogens with two attached hydrogens (primary N) is 1. The number of carbonyl (C=O) groups excluding carboxylic acids is 1. The number of hydrogen-bond acceptors (Lipinski definition) is 2. The summed E-state index contributed by atoms with van der Waals surface area (Å²) >= 11 is 0. The van der Waals surface area contributed by atoms with Crippen LogP contribution in [-0.4, -0.2) is 12.3 Å². The molecule has 0 saturated heterocycles. The fourth-order valence-corrected chi connectivity index (χ4v) is 1.39. The minimum absolute atomic E-state index is 0.0936. The van der Waals surface area contributed by atoms with E-state index in [1.807, 2.05) is 0 Å². The molecule has 0 radical (unpaired) electrons. The summed E-state index contributed by atoms with van der Waals surface area (Å²) in [4.78, 5) is 11.5. The van der Waals surface area contributed by atoms with Crippen LogP contribution in [-0.2, 0) is 0 Å². The van der Waals surface area contributed by atoms with Gasteiger partial charge in [-0.05, 0) is 31.5 Å². The molecule has 2 nitrogen and oxygen atoms in total. The zero-order valence-electron chi connectivity index (χ0n) is 8.43.